The van der Waals surface area contributed by atoms with Crippen molar-refractivity contribution in [2.75, 3.05) is 6.54 Å². The van der Waals surface area contributed by atoms with Crippen LogP contribution in [-0.2, 0) is 4.79 Å². The van der Waals surface area contributed by atoms with Crippen LogP contribution in [0.3, 0.4) is 0 Å². The van der Waals surface area contributed by atoms with Crippen LogP contribution in [0.15, 0.2) is 18.2 Å². The van der Waals surface area contributed by atoms with E-state index < -0.39 is 0 Å². The molecule has 0 bridgehead atoms. The van der Waals surface area contributed by atoms with Crippen LogP contribution in [0.2, 0.25) is 0 Å². The predicted molar refractivity (Wildman–Crippen MR) is 55.2 cm³/mol. The zero-order valence-electron chi connectivity index (χ0n) is 8.54. The van der Waals surface area contributed by atoms with Gasteiger partial charge in [-0.25, -0.2) is 0 Å². The van der Waals surface area contributed by atoms with Gasteiger partial charge in [-0.05, 0) is 31.0 Å². The average Bonchev–Trinajstić information content (AvgIpc) is 2.13. The van der Waals surface area contributed by atoms with Crippen molar-refractivity contribution >= 4 is 5.97 Å². The van der Waals surface area contributed by atoms with E-state index in [0.717, 1.165) is 11.1 Å². The summed E-state index contributed by atoms with van der Waals surface area (Å²) in [6.07, 6.45) is 0.257. The molecule has 0 fully saturated rings. The van der Waals surface area contributed by atoms with Crippen molar-refractivity contribution in [2.24, 2.45) is 5.73 Å². The van der Waals surface area contributed by atoms with E-state index in [4.69, 9.17) is 10.5 Å². The van der Waals surface area contributed by atoms with Gasteiger partial charge in [-0.3, -0.25) is 4.79 Å². The van der Waals surface area contributed by atoms with E-state index in [1.165, 1.54) is 0 Å². The normalized spacial score (nSPS) is 9.93. The fourth-order valence-corrected chi connectivity index (χ4v) is 1.13. The van der Waals surface area contributed by atoms with E-state index in [2.05, 4.69) is 0 Å². The number of esters is 1. The summed E-state index contributed by atoms with van der Waals surface area (Å²) in [5.74, 6) is 0.352. The minimum Gasteiger partial charge on any atom is -0.426 e. The molecule has 3 nitrogen and oxygen atoms in total. The van der Waals surface area contributed by atoms with Gasteiger partial charge in [0.1, 0.15) is 5.75 Å². The van der Waals surface area contributed by atoms with Crippen molar-refractivity contribution < 1.29 is 9.53 Å². The van der Waals surface area contributed by atoms with E-state index in [9.17, 15) is 4.79 Å². The Balaban J connectivity index is 2.76. The van der Waals surface area contributed by atoms with Crippen molar-refractivity contribution in [1.82, 2.24) is 0 Å². The minimum atomic E-state index is -0.277. The Labute approximate surface area is 83.9 Å². The maximum atomic E-state index is 11.2. The fraction of sp³-hybridized carbons (Fsp3) is 0.364. The van der Waals surface area contributed by atoms with E-state index in [1.807, 2.05) is 26.0 Å². The third-order valence-electron chi connectivity index (χ3n) is 2.13. The lowest BCUT2D eigenvalue weighted by molar-refractivity contribution is -0.134. The van der Waals surface area contributed by atoms with E-state index in [-0.39, 0.29) is 12.4 Å². The molecule has 0 aliphatic rings. The first-order valence-electron chi connectivity index (χ1n) is 4.62. The summed E-state index contributed by atoms with van der Waals surface area (Å²) in [6, 6.07) is 5.64. The van der Waals surface area contributed by atoms with Crippen LogP contribution < -0.4 is 10.5 Å². The standard InChI is InChI=1S/C11H15NO2/c1-8-4-3-5-10(9(8)2)14-11(13)6-7-12/h3-5H,6-7,12H2,1-2H3. The lowest BCUT2D eigenvalue weighted by Gasteiger charge is -2.08. The predicted octanol–water partition coefficient (Wildman–Crippen LogP) is 1.56. The molecule has 1 aromatic rings. The number of hydrogen-bond donors (Lipinski definition) is 1. The Hall–Kier alpha value is -1.35. The largest absolute Gasteiger partial charge is 0.426 e. The van der Waals surface area contributed by atoms with Gasteiger partial charge >= 0.3 is 5.97 Å². The first-order chi connectivity index (χ1) is 6.65. The van der Waals surface area contributed by atoms with Gasteiger partial charge in [-0.15, -0.1) is 0 Å². The molecule has 1 rings (SSSR count). The highest BCUT2D eigenvalue weighted by atomic mass is 16.5. The summed E-state index contributed by atoms with van der Waals surface area (Å²) in [5, 5.41) is 0. The molecule has 0 saturated heterocycles. The summed E-state index contributed by atoms with van der Waals surface area (Å²) in [6.45, 7) is 4.24. The Bertz CT molecular complexity index is 334. The van der Waals surface area contributed by atoms with E-state index in [1.54, 1.807) is 6.07 Å². The SMILES string of the molecule is Cc1cccc(OC(=O)CCN)c1C. The highest BCUT2D eigenvalue weighted by molar-refractivity contribution is 5.73. The third kappa shape index (κ3) is 2.57. The Morgan fingerprint density at radius 1 is 1.43 bits per heavy atom. The summed E-state index contributed by atoms with van der Waals surface area (Å²) < 4.78 is 5.15. The smallest absolute Gasteiger partial charge is 0.312 e. The van der Waals surface area contributed by atoms with E-state index in [0.29, 0.717) is 12.3 Å². The number of ether oxygens (including phenoxy) is 1. The zero-order valence-corrected chi connectivity index (χ0v) is 8.54. The van der Waals surface area contributed by atoms with Gasteiger partial charge in [0.15, 0.2) is 0 Å². The first-order valence-corrected chi connectivity index (χ1v) is 4.62. The molecule has 0 aliphatic carbocycles. The molecule has 76 valence electrons. The van der Waals surface area contributed by atoms with Crippen molar-refractivity contribution in [1.29, 1.82) is 0 Å². The number of carbonyl (C=O) groups is 1. The van der Waals surface area contributed by atoms with Gasteiger partial charge < -0.3 is 10.5 Å². The molecule has 2 N–H and O–H groups in total. The molecule has 0 radical (unpaired) electrons. The number of carbonyl (C=O) groups excluding carboxylic acids is 1. The average molecular weight is 193 g/mol. The number of nitrogens with two attached hydrogens (primary N) is 1. The van der Waals surface area contributed by atoms with Gasteiger partial charge in [0.2, 0.25) is 0 Å². The van der Waals surface area contributed by atoms with Crippen molar-refractivity contribution in [3.8, 4) is 5.75 Å². The number of benzene rings is 1. The Kier molecular flexibility index (Phi) is 3.65. The molecule has 14 heavy (non-hydrogen) atoms. The molecular formula is C11H15NO2. The van der Waals surface area contributed by atoms with Gasteiger partial charge in [0.25, 0.3) is 0 Å². The molecular weight excluding hydrogens is 178 g/mol. The van der Waals surface area contributed by atoms with Crippen molar-refractivity contribution in [3.63, 3.8) is 0 Å². The quantitative estimate of drug-likeness (QED) is 0.585. The van der Waals surface area contributed by atoms with Gasteiger partial charge in [0, 0.05) is 6.54 Å². The van der Waals surface area contributed by atoms with Crippen molar-refractivity contribution in [2.45, 2.75) is 20.3 Å². The van der Waals surface area contributed by atoms with Gasteiger partial charge in [0.05, 0.1) is 6.42 Å². The van der Waals surface area contributed by atoms with Crippen molar-refractivity contribution in [3.05, 3.63) is 29.3 Å². The molecule has 0 unspecified atom stereocenters. The maximum absolute atomic E-state index is 11.2. The highest BCUT2D eigenvalue weighted by Gasteiger charge is 2.06. The molecule has 3 heteroatoms. The topological polar surface area (TPSA) is 52.3 Å². The zero-order chi connectivity index (χ0) is 10.6. The number of aryl methyl sites for hydroxylation is 1. The molecule has 0 saturated carbocycles. The van der Waals surface area contributed by atoms with E-state index >= 15 is 0 Å². The summed E-state index contributed by atoms with van der Waals surface area (Å²) in [7, 11) is 0. The second kappa shape index (κ2) is 4.77. The summed E-state index contributed by atoms with van der Waals surface area (Å²) in [5.41, 5.74) is 7.36. The second-order valence-electron chi connectivity index (χ2n) is 3.21. The number of hydrogen-bond acceptors (Lipinski definition) is 3. The van der Waals surface area contributed by atoms with Crippen LogP contribution in [-0.4, -0.2) is 12.5 Å². The second-order valence-corrected chi connectivity index (χ2v) is 3.21. The molecule has 0 amide bonds. The lowest BCUT2D eigenvalue weighted by atomic mass is 10.1. The maximum Gasteiger partial charge on any atom is 0.312 e. The highest BCUT2D eigenvalue weighted by Crippen LogP contribution is 2.20. The lowest BCUT2D eigenvalue weighted by Crippen LogP contribution is -2.14. The van der Waals surface area contributed by atoms with Crippen LogP contribution in [0, 0.1) is 13.8 Å². The summed E-state index contributed by atoms with van der Waals surface area (Å²) in [4.78, 5) is 11.2. The summed E-state index contributed by atoms with van der Waals surface area (Å²) >= 11 is 0. The van der Waals surface area contributed by atoms with Crippen LogP contribution in [0.5, 0.6) is 5.75 Å². The molecule has 0 aliphatic heterocycles. The van der Waals surface area contributed by atoms with Crippen LogP contribution in [0.25, 0.3) is 0 Å². The van der Waals surface area contributed by atoms with Crippen LogP contribution >= 0.6 is 0 Å². The fourth-order valence-electron chi connectivity index (χ4n) is 1.13. The molecule has 0 spiro atoms. The molecule has 0 heterocycles. The monoisotopic (exact) mass is 193 g/mol. The third-order valence-corrected chi connectivity index (χ3v) is 2.13. The molecule has 0 aromatic heterocycles. The minimum absolute atomic E-state index is 0.257. The molecule has 1 aromatic carbocycles. The van der Waals surface area contributed by atoms with Crippen LogP contribution in [0.4, 0.5) is 0 Å². The van der Waals surface area contributed by atoms with Gasteiger partial charge in [-0.1, -0.05) is 12.1 Å². The number of rotatable bonds is 3. The Morgan fingerprint density at radius 2 is 2.14 bits per heavy atom. The Morgan fingerprint density at radius 3 is 2.79 bits per heavy atom. The van der Waals surface area contributed by atoms with Gasteiger partial charge in [-0.2, -0.15) is 0 Å². The van der Waals surface area contributed by atoms with Crippen LogP contribution in [0.1, 0.15) is 17.5 Å². The first kappa shape index (κ1) is 10.7. The molecule has 0 atom stereocenters.